The van der Waals surface area contributed by atoms with E-state index in [0.717, 1.165) is 0 Å². The van der Waals surface area contributed by atoms with E-state index in [9.17, 15) is 2.74 Å². The summed E-state index contributed by atoms with van der Waals surface area (Å²) in [5.41, 5.74) is -1.51. The van der Waals surface area contributed by atoms with Crippen molar-refractivity contribution < 1.29 is 33.2 Å². The van der Waals surface area contributed by atoms with Gasteiger partial charge < -0.3 is 8.98 Å². The molecule has 6 heteroatoms. The van der Waals surface area contributed by atoms with Crippen LogP contribution in [0.2, 0.25) is 0 Å². The molecule has 0 N–H and O–H groups in total. The molecule has 0 aliphatic carbocycles. The second-order valence-electron chi connectivity index (χ2n) is 12.8. The van der Waals surface area contributed by atoms with Gasteiger partial charge in [0, 0.05) is 43.4 Å². The second kappa shape index (κ2) is 12.3. The molecular weight excluding hydrogens is 699 g/mol. The maximum Gasteiger partial charge on any atom is 0.238 e. The third-order valence-electron chi connectivity index (χ3n) is 9.76. The number of benzene rings is 8. The Kier molecular flexibility index (Phi) is 3.75. The molecule has 0 aliphatic rings. The molecule has 0 unspecified atom stereocenters. The summed E-state index contributed by atoms with van der Waals surface area (Å²) >= 11 is 0. The summed E-state index contributed by atoms with van der Waals surface area (Å²) in [7, 11) is 0. The summed E-state index contributed by atoms with van der Waals surface area (Å²) in [4.78, 5) is 14.0. The van der Waals surface area contributed by atoms with E-state index < -0.39 is 161 Å². The van der Waals surface area contributed by atoms with E-state index >= 15 is 0 Å². The molecule has 0 amide bonds. The first-order chi connectivity index (χ1) is 37.0. The van der Waals surface area contributed by atoms with Crippen LogP contribution in [0.1, 0.15) is 28.8 Å². The van der Waals surface area contributed by atoms with Crippen LogP contribution in [0, 0.1) is 0 Å². The number of furan rings is 1. The predicted molar refractivity (Wildman–Crippen MR) is 232 cm³/mol. The number of hydrogen-bond acceptors (Lipinski definition) is 4. The Morgan fingerprint density at radius 1 is 0.439 bits per heavy atom. The fraction of sp³-hybridized carbons (Fsp3) is 0. The Labute approximate surface area is 356 Å². The number of nitrogens with zero attached hydrogens (tertiary/aromatic N) is 5. The quantitative estimate of drug-likeness (QED) is 0.176. The highest BCUT2D eigenvalue weighted by molar-refractivity contribution is 6.26. The van der Waals surface area contributed by atoms with Gasteiger partial charge in [-0.3, -0.25) is 4.57 Å². The molecule has 12 aromatic rings. The molecule has 8 aromatic carbocycles. The lowest BCUT2D eigenvalue weighted by Gasteiger charge is -2.13. The molecule has 266 valence electrons. The van der Waals surface area contributed by atoms with Crippen LogP contribution >= 0.6 is 0 Å². The zero-order chi connectivity index (χ0) is 55.7. The van der Waals surface area contributed by atoms with Gasteiger partial charge >= 0.3 is 0 Å². The highest BCUT2D eigenvalue weighted by atomic mass is 16.3. The Balaban J connectivity index is 1.29. The first kappa shape index (κ1) is 17.3. The van der Waals surface area contributed by atoms with Gasteiger partial charge in [0.05, 0.1) is 56.5 Å². The molecule has 0 bridgehead atoms. The van der Waals surface area contributed by atoms with E-state index in [0.29, 0.717) is 38.1 Å². The highest BCUT2D eigenvalue weighted by Gasteiger charge is 2.25. The van der Waals surface area contributed by atoms with Crippen LogP contribution in [0.5, 0.6) is 0 Å². The van der Waals surface area contributed by atoms with Crippen LogP contribution in [-0.4, -0.2) is 24.1 Å². The minimum atomic E-state index is -0.764. The maximum atomic E-state index is 10.1. The highest BCUT2D eigenvalue weighted by Crippen LogP contribution is 2.44. The molecule has 0 saturated heterocycles. The first-order valence-electron chi connectivity index (χ1n) is 27.9. The topological polar surface area (TPSA) is 61.7 Å². The van der Waals surface area contributed by atoms with Crippen molar-refractivity contribution in [1.82, 2.24) is 24.1 Å². The summed E-state index contributed by atoms with van der Waals surface area (Å²) in [5.74, 6) is -1.35. The summed E-state index contributed by atoms with van der Waals surface area (Å²) in [5, 5.41) is 1.46. The van der Waals surface area contributed by atoms with E-state index in [1.165, 1.54) is 0 Å². The van der Waals surface area contributed by atoms with Crippen molar-refractivity contribution in [3.8, 4) is 45.5 Å². The summed E-state index contributed by atoms with van der Waals surface area (Å²) in [6, 6.07) is 2.53. The van der Waals surface area contributed by atoms with Gasteiger partial charge in [0.25, 0.3) is 0 Å². The molecule has 57 heavy (non-hydrogen) atoms. The van der Waals surface area contributed by atoms with Crippen LogP contribution in [0.4, 0.5) is 0 Å². The van der Waals surface area contributed by atoms with E-state index in [4.69, 9.17) is 40.4 Å². The van der Waals surface area contributed by atoms with Crippen molar-refractivity contribution in [3.63, 3.8) is 0 Å². The van der Waals surface area contributed by atoms with Crippen LogP contribution in [0.25, 0.3) is 111 Å². The minimum Gasteiger partial charge on any atom is -0.454 e. The number of aromatic nitrogens is 5. The zero-order valence-corrected chi connectivity index (χ0v) is 28.9. The Morgan fingerprint density at radius 2 is 1.04 bits per heavy atom. The van der Waals surface area contributed by atoms with Gasteiger partial charge in [-0.25, -0.2) is 4.98 Å². The Hall–Kier alpha value is -7.83. The van der Waals surface area contributed by atoms with Crippen molar-refractivity contribution in [2.24, 2.45) is 0 Å². The number of hydrogen-bond donors (Lipinski definition) is 0. The molecule has 12 rings (SSSR count). The van der Waals surface area contributed by atoms with E-state index in [1.807, 2.05) is 0 Å². The van der Waals surface area contributed by atoms with Gasteiger partial charge in [0.15, 0.2) is 17.2 Å². The van der Waals surface area contributed by atoms with Crippen LogP contribution < -0.4 is 0 Å². The predicted octanol–water partition coefficient (Wildman–Crippen LogP) is 13.0. The van der Waals surface area contributed by atoms with Gasteiger partial charge in [0.2, 0.25) is 5.95 Å². The normalized spacial score (nSPS) is 17.0. The lowest BCUT2D eigenvalue weighted by atomic mass is 10.0. The molecule has 0 spiro atoms. The number of para-hydroxylation sites is 3. The largest absolute Gasteiger partial charge is 0.454 e. The number of fused-ring (bicyclic) bond motifs is 10. The SMILES string of the molecule is [2H]c1c([2H])c([2H])c(-c2nc(-c3c([2H])c([2H])c([2H])c([2H])c3[2H])nc(-n3c4ccccc4c4ccc5c(c6ccccc6n5-c5c([2H])c(-c6c([2H])c([2H])c([2H])c([2H])c6[2H])c([2H])c6c5oc5c([2H])c([2H])c([2H])c([2H])c56)c43)n2)c([2H])c1[2H]. The lowest BCUT2D eigenvalue weighted by molar-refractivity contribution is 0.666. The van der Waals surface area contributed by atoms with Crippen LogP contribution in [0.15, 0.2) is 192 Å². The van der Waals surface area contributed by atoms with E-state index in [-0.39, 0.29) is 39.1 Å². The smallest absolute Gasteiger partial charge is 0.238 e. The molecule has 6 nitrogen and oxygen atoms in total. The molecule has 4 heterocycles. The van der Waals surface area contributed by atoms with Gasteiger partial charge in [-0.05, 0) is 47.5 Å². The van der Waals surface area contributed by atoms with Crippen molar-refractivity contribution in [1.29, 1.82) is 0 Å². The van der Waals surface area contributed by atoms with Crippen molar-refractivity contribution in [2.45, 2.75) is 0 Å². The van der Waals surface area contributed by atoms with Crippen LogP contribution in [-0.2, 0) is 0 Å². The zero-order valence-electron chi connectivity index (χ0n) is 49.9. The minimum absolute atomic E-state index is 0.198. The standard InChI is InChI=1S/C51H31N5O/c1-4-16-32(17-5-1)35-30-40-37-23-12-15-27-45(37)57-48(40)44(31-35)55-42-26-14-11-24-39(42)46-43(55)29-28-38-36-22-10-13-25-41(36)56(47(38)46)51-53-49(33-18-6-2-7-19-33)52-50(54-51)34-20-8-3-9-21-34/h1-31H/i1D,2D,3D,4D,5D,6D,7D,8D,9D,12D,15D,16D,17D,18D,19D,20D,21D,23D,27D,30D,31D. The second-order valence-corrected chi connectivity index (χ2v) is 12.8. The Bertz CT molecular complexity index is 4600. The van der Waals surface area contributed by atoms with Crippen molar-refractivity contribution >= 4 is 65.6 Å². The van der Waals surface area contributed by atoms with Gasteiger partial charge in [0.1, 0.15) is 5.58 Å². The van der Waals surface area contributed by atoms with E-state index in [2.05, 4.69) is 4.98 Å². The van der Waals surface area contributed by atoms with Gasteiger partial charge in [-0.2, -0.15) is 9.97 Å². The van der Waals surface area contributed by atoms with Crippen molar-refractivity contribution in [3.05, 3.63) is 188 Å². The van der Waals surface area contributed by atoms with Crippen LogP contribution in [0.3, 0.4) is 0 Å². The third kappa shape index (κ3) is 4.81. The summed E-state index contributed by atoms with van der Waals surface area (Å²) in [6.07, 6.45) is 0. The van der Waals surface area contributed by atoms with Gasteiger partial charge in [-0.1, -0.05) is 151 Å². The average molecular weight is 751 g/mol. The maximum absolute atomic E-state index is 10.1. The Morgan fingerprint density at radius 3 is 1.74 bits per heavy atom. The number of rotatable bonds is 5. The summed E-state index contributed by atoms with van der Waals surface area (Å²) < 4.78 is 195. The lowest BCUT2D eigenvalue weighted by Crippen LogP contribution is -2.06. The average Bonchev–Trinajstić information content (AvgIpc) is 3.59. The van der Waals surface area contributed by atoms with E-state index in [1.54, 1.807) is 69.8 Å². The molecule has 0 saturated carbocycles. The van der Waals surface area contributed by atoms with Gasteiger partial charge in [-0.15, -0.1) is 0 Å². The molecule has 4 aromatic heterocycles. The van der Waals surface area contributed by atoms with Crippen molar-refractivity contribution in [2.75, 3.05) is 0 Å². The third-order valence-corrected chi connectivity index (χ3v) is 9.76. The fourth-order valence-corrected chi connectivity index (χ4v) is 7.46. The molecular formula is C51H31N5O. The molecule has 0 fully saturated rings. The molecule has 0 aliphatic heterocycles. The summed E-state index contributed by atoms with van der Waals surface area (Å²) in [6.45, 7) is 0. The monoisotopic (exact) mass is 750 g/mol. The molecule has 0 atom stereocenters. The molecule has 0 radical (unpaired) electrons. The fourth-order valence-electron chi connectivity index (χ4n) is 7.46. The first-order valence-corrected chi connectivity index (χ1v) is 17.4.